The fourth-order valence-electron chi connectivity index (χ4n) is 3.08. The molecule has 0 heterocycles. The molecule has 0 bridgehead atoms. The molecule has 0 radical (unpaired) electrons. The highest BCUT2D eigenvalue weighted by Gasteiger charge is 2.27. The van der Waals surface area contributed by atoms with Crippen LogP contribution >= 0.6 is 9.24 Å². The molecule has 3 rings (SSSR count). The van der Waals surface area contributed by atoms with Gasteiger partial charge in [-0.2, -0.15) is 0 Å². The molecule has 0 spiro atoms. The van der Waals surface area contributed by atoms with E-state index in [2.05, 4.69) is 46.6 Å². The van der Waals surface area contributed by atoms with Gasteiger partial charge in [0.25, 0.3) is 0 Å². The molecule has 3 aromatic carbocycles. The Balaban J connectivity index is 1.52. The van der Waals surface area contributed by atoms with Crippen molar-refractivity contribution in [3.63, 3.8) is 0 Å². The van der Waals surface area contributed by atoms with E-state index in [-0.39, 0.29) is 0 Å². The van der Waals surface area contributed by atoms with Crippen LogP contribution in [0, 0.1) is 0 Å². The summed E-state index contributed by atoms with van der Waals surface area (Å²) in [4.78, 5) is 0. The summed E-state index contributed by atoms with van der Waals surface area (Å²) in [6.45, 7) is 5.65. The first kappa shape index (κ1) is 21.4. The van der Waals surface area contributed by atoms with Gasteiger partial charge in [0.1, 0.15) is 13.8 Å². The maximum absolute atomic E-state index is 6.17. The molecule has 6 heteroatoms. The van der Waals surface area contributed by atoms with Gasteiger partial charge in [-0.3, -0.25) is 0 Å². The van der Waals surface area contributed by atoms with E-state index in [0.717, 1.165) is 27.9 Å². The molecule has 0 aromatic heterocycles. The lowest BCUT2D eigenvalue weighted by atomic mass is 10.2. The second-order valence-electron chi connectivity index (χ2n) is 7.90. The van der Waals surface area contributed by atoms with Crippen molar-refractivity contribution in [1.82, 2.24) is 0 Å². The van der Waals surface area contributed by atoms with E-state index in [9.17, 15) is 0 Å². The van der Waals surface area contributed by atoms with Gasteiger partial charge in [0.2, 0.25) is 0 Å². The van der Waals surface area contributed by atoms with Gasteiger partial charge < -0.3 is 20.9 Å². The first-order valence-corrected chi connectivity index (χ1v) is 13.4. The van der Waals surface area contributed by atoms with Crippen LogP contribution in [0.4, 0.5) is 11.4 Å². The monoisotopic (exact) mass is 424 g/mol. The highest BCUT2D eigenvalue weighted by atomic mass is 31.0. The number of rotatable bonds is 8. The van der Waals surface area contributed by atoms with Crippen molar-refractivity contribution >= 4 is 39.2 Å². The maximum Gasteiger partial charge on any atom is 0.126 e. The second-order valence-corrected chi connectivity index (χ2v) is 13.2. The smallest absolute Gasteiger partial charge is 0.126 e. The van der Waals surface area contributed by atoms with Crippen molar-refractivity contribution in [2.45, 2.75) is 26.3 Å². The third-order valence-electron chi connectivity index (χ3n) is 4.85. The maximum atomic E-state index is 6.17. The number of benzene rings is 3. The van der Waals surface area contributed by atoms with E-state index in [1.54, 1.807) is 0 Å². The van der Waals surface area contributed by atoms with Gasteiger partial charge in [-0.15, -0.1) is 9.24 Å². The summed E-state index contributed by atoms with van der Waals surface area (Å²) in [6, 6.07) is 22.1. The van der Waals surface area contributed by atoms with Crippen LogP contribution < -0.4 is 26.7 Å². The van der Waals surface area contributed by atoms with Crippen LogP contribution in [0.3, 0.4) is 0 Å². The van der Waals surface area contributed by atoms with Gasteiger partial charge in [0, 0.05) is 11.4 Å². The summed E-state index contributed by atoms with van der Waals surface area (Å²) in [6.07, 6.45) is 0.641. The van der Waals surface area contributed by atoms with Crippen molar-refractivity contribution in [3.05, 3.63) is 77.9 Å². The van der Waals surface area contributed by atoms with Gasteiger partial charge in [0.05, 0.1) is 19.4 Å². The zero-order valence-corrected chi connectivity index (χ0v) is 19.2. The van der Waals surface area contributed by atoms with Crippen LogP contribution in [0.2, 0.25) is 13.1 Å². The van der Waals surface area contributed by atoms with E-state index >= 15 is 0 Å². The molecule has 4 N–H and O–H groups in total. The third-order valence-corrected chi connectivity index (χ3v) is 7.99. The van der Waals surface area contributed by atoms with Crippen LogP contribution in [0.15, 0.2) is 66.7 Å². The summed E-state index contributed by atoms with van der Waals surface area (Å²) in [5.74, 6) is 0.854. The number of hydrogen-bond acceptors (Lipinski definition) is 4. The largest absolute Gasteiger partial charge is 0.497 e. The van der Waals surface area contributed by atoms with E-state index in [1.165, 1.54) is 10.9 Å². The molecule has 3 aromatic rings. The minimum atomic E-state index is -1.87. The molecule has 0 aliphatic carbocycles. The molecule has 0 fully saturated rings. The Kier molecular flexibility index (Phi) is 6.96. The Bertz CT molecular complexity index is 944. The van der Waals surface area contributed by atoms with Crippen LogP contribution in [0.25, 0.3) is 0 Å². The number of hydrogen-bond donors (Lipinski definition) is 2. The molecule has 0 aliphatic heterocycles. The summed E-state index contributed by atoms with van der Waals surface area (Å²) in [5, 5.41) is 2.31. The molecule has 0 amide bonds. The summed E-state index contributed by atoms with van der Waals surface area (Å²) < 4.78 is 11.9. The molecule has 0 saturated heterocycles. The molecule has 1 atom stereocenters. The summed E-state index contributed by atoms with van der Waals surface area (Å²) in [7, 11) is 0.820. The van der Waals surface area contributed by atoms with E-state index in [4.69, 9.17) is 20.9 Å². The predicted octanol–water partition coefficient (Wildman–Crippen LogP) is 3.60. The van der Waals surface area contributed by atoms with Crippen LogP contribution in [0.1, 0.15) is 11.1 Å². The fourth-order valence-corrected chi connectivity index (χ4v) is 5.38. The Morgan fingerprint density at radius 1 is 0.828 bits per heavy atom. The lowest BCUT2D eigenvalue weighted by Crippen LogP contribution is -2.48. The lowest BCUT2D eigenvalue weighted by molar-refractivity contribution is 0.107. The van der Waals surface area contributed by atoms with E-state index in [1.807, 2.05) is 42.5 Å². The van der Waals surface area contributed by atoms with Crippen molar-refractivity contribution in [3.8, 4) is 5.75 Å². The standard InChI is InChI=1S/C23H29N2O2PSi/c1-29(2,23-13-19(24)7-12-22(23)25)16-27-20-8-3-17(4-9-20)14-26-15-18-5-10-21(28)11-6-18/h3-13H,14-16,24-25,28H2,1-2H3. The Morgan fingerprint density at radius 3 is 2.03 bits per heavy atom. The molecular weight excluding hydrogens is 395 g/mol. The van der Waals surface area contributed by atoms with Gasteiger partial charge >= 0.3 is 0 Å². The molecule has 1 unspecified atom stereocenters. The Hall–Kier alpha value is -2.33. The lowest BCUT2D eigenvalue weighted by Gasteiger charge is -2.25. The van der Waals surface area contributed by atoms with Crippen LogP contribution in [0.5, 0.6) is 5.75 Å². The average molecular weight is 425 g/mol. The van der Waals surface area contributed by atoms with Crippen molar-refractivity contribution in [1.29, 1.82) is 0 Å². The highest BCUT2D eigenvalue weighted by molar-refractivity contribution is 7.27. The molecule has 152 valence electrons. The van der Waals surface area contributed by atoms with Crippen molar-refractivity contribution in [2.24, 2.45) is 0 Å². The SMILES string of the molecule is C[Si](C)(COc1ccc(COCc2ccc(P)cc2)cc1)c1cc(N)ccc1N. The number of nitrogen functional groups attached to an aromatic ring is 2. The topological polar surface area (TPSA) is 70.5 Å². The van der Waals surface area contributed by atoms with Gasteiger partial charge in [0.15, 0.2) is 0 Å². The molecule has 4 nitrogen and oxygen atoms in total. The average Bonchev–Trinajstić information content (AvgIpc) is 2.71. The Labute approximate surface area is 176 Å². The number of anilines is 2. The van der Waals surface area contributed by atoms with Crippen molar-refractivity contribution in [2.75, 3.05) is 17.7 Å². The normalized spacial score (nSPS) is 11.4. The van der Waals surface area contributed by atoms with Crippen molar-refractivity contribution < 1.29 is 9.47 Å². The number of nitrogens with two attached hydrogens (primary N) is 2. The van der Waals surface area contributed by atoms with E-state index < -0.39 is 8.07 Å². The Morgan fingerprint density at radius 2 is 1.41 bits per heavy atom. The quantitative estimate of drug-likeness (QED) is 0.329. The number of ether oxygens (including phenoxy) is 2. The van der Waals surface area contributed by atoms with Gasteiger partial charge in [-0.05, 0) is 52.0 Å². The first-order chi connectivity index (χ1) is 13.8. The van der Waals surface area contributed by atoms with Crippen LogP contribution in [-0.2, 0) is 18.0 Å². The second kappa shape index (κ2) is 9.44. The minimum absolute atomic E-state index is 0.572. The molecular formula is C23H29N2O2PSi. The zero-order chi connectivity index (χ0) is 20.9. The third kappa shape index (κ3) is 6.07. The predicted molar refractivity (Wildman–Crippen MR) is 129 cm³/mol. The minimum Gasteiger partial charge on any atom is -0.497 e. The summed E-state index contributed by atoms with van der Waals surface area (Å²) in [5.41, 5.74) is 15.9. The highest BCUT2D eigenvalue weighted by Crippen LogP contribution is 2.17. The molecule has 29 heavy (non-hydrogen) atoms. The molecule has 0 saturated carbocycles. The zero-order valence-electron chi connectivity index (χ0n) is 17.0. The molecule has 0 aliphatic rings. The fraction of sp³-hybridized carbons (Fsp3) is 0.217. The first-order valence-electron chi connectivity index (χ1n) is 9.63. The summed E-state index contributed by atoms with van der Waals surface area (Å²) >= 11 is 0. The van der Waals surface area contributed by atoms with Crippen LogP contribution in [-0.4, -0.2) is 14.3 Å². The van der Waals surface area contributed by atoms with Gasteiger partial charge in [-0.25, -0.2) is 0 Å². The van der Waals surface area contributed by atoms with E-state index in [0.29, 0.717) is 19.4 Å². The van der Waals surface area contributed by atoms with Gasteiger partial charge in [-0.1, -0.05) is 49.5 Å².